The molecule has 2 aromatic carbocycles. The highest BCUT2D eigenvalue weighted by atomic mass is 31.1. The van der Waals surface area contributed by atoms with Crippen LogP contribution in [0.1, 0.15) is 120 Å². The van der Waals surface area contributed by atoms with Gasteiger partial charge >= 0.3 is 0 Å². The van der Waals surface area contributed by atoms with Gasteiger partial charge in [-0.05, 0) is 104 Å². The van der Waals surface area contributed by atoms with Crippen molar-refractivity contribution in [1.29, 1.82) is 0 Å². The van der Waals surface area contributed by atoms with Gasteiger partial charge in [-0.2, -0.15) is 0 Å². The molecule has 2 fully saturated rings. The number of hydrogen-bond donors (Lipinski definition) is 2. The minimum Gasteiger partial charge on any atom is -0.322 e. The van der Waals surface area contributed by atoms with E-state index in [9.17, 15) is 4.79 Å². The lowest BCUT2D eigenvalue weighted by Gasteiger charge is -2.45. The Labute approximate surface area is 276 Å². The first-order valence-corrected chi connectivity index (χ1v) is 18.3. The number of nitrogens with one attached hydrogen (secondary N) is 2. The van der Waals surface area contributed by atoms with E-state index >= 15 is 0 Å². The van der Waals surface area contributed by atoms with E-state index in [4.69, 9.17) is 0 Å². The number of allylic oxidation sites excluding steroid dienone is 2. The second-order valence-electron chi connectivity index (χ2n) is 13.2. The van der Waals surface area contributed by atoms with Crippen molar-refractivity contribution in [3.8, 4) is 0 Å². The summed E-state index contributed by atoms with van der Waals surface area (Å²) in [6.07, 6.45) is 12.0. The highest BCUT2D eigenvalue weighted by Crippen LogP contribution is 2.53. The summed E-state index contributed by atoms with van der Waals surface area (Å²) in [7, 11) is 0.568. The molecular formula is C39H59N4OP. The highest BCUT2D eigenvalue weighted by Gasteiger charge is 2.47. The predicted octanol–water partition coefficient (Wildman–Crippen LogP) is 10.2. The van der Waals surface area contributed by atoms with Gasteiger partial charge in [-0.25, -0.2) is 0 Å². The number of benzene rings is 2. The maximum atomic E-state index is 13.1. The monoisotopic (exact) mass is 630 g/mol. The van der Waals surface area contributed by atoms with Crippen LogP contribution in [0.15, 0.2) is 71.1 Å². The fourth-order valence-electron chi connectivity index (χ4n) is 6.52. The third-order valence-electron chi connectivity index (χ3n) is 8.89. The van der Waals surface area contributed by atoms with Gasteiger partial charge in [0.05, 0.1) is 11.5 Å². The SMILES string of the molecule is C=C1PC(NC(C)c2cccc(NC(=O)c3ccc(CN4CCC5(CC(CC)C5)C4)c(C)c3)c2)C=N/C1=C/C.CCC.CCC. The quantitative estimate of drug-likeness (QED) is 0.285. The number of amides is 1. The summed E-state index contributed by atoms with van der Waals surface area (Å²) in [4.78, 5) is 20.3. The van der Waals surface area contributed by atoms with Crippen molar-refractivity contribution in [1.82, 2.24) is 10.2 Å². The summed E-state index contributed by atoms with van der Waals surface area (Å²) in [6.45, 7) is 24.7. The number of anilines is 1. The van der Waals surface area contributed by atoms with Gasteiger partial charge in [-0.1, -0.05) is 93.3 Å². The Kier molecular flexibility index (Phi) is 14.7. The summed E-state index contributed by atoms with van der Waals surface area (Å²) in [5, 5.41) is 7.83. The maximum Gasteiger partial charge on any atom is 0.255 e. The predicted molar refractivity (Wildman–Crippen MR) is 198 cm³/mol. The standard InChI is InChI=1S/C33H43N4OP.2C3H8/c1-6-25-17-33(18-25)13-14-37(21-33)20-28-12-11-27(15-22(28)3)32(38)36-29-10-8-9-26(16-29)23(4)35-31-19-34-30(7-2)24(5)39-31;2*1-3-2/h7-12,15-16,19,23,25,31,35,39H,5-6,13-14,17-18,20-21H2,1-4H3,(H,36,38);2*3H2,1-2H3/b30-7+;;. The normalized spacial score (nSPS) is 24.4. The van der Waals surface area contributed by atoms with E-state index in [-0.39, 0.29) is 17.7 Å². The molecule has 2 aromatic rings. The van der Waals surface area contributed by atoms with Crippen molar-refractivity contribution >= 4 is 26.4 Å². The number of aliphatic imine (C=N–C) groups is 1. The largest absolute Gasteiger partial charge is 0.322 e. The fourth-order valence-corrected chi connectivity index (χ4v) is 7.74. The van der Waals surface area contributed by atoms with Gasteiger partial charge in [0, 0.05) is 36.6 Å². The van der Waals surface area contributed by atoms with Crippen LogP contribution in [0.2, 0.25) is 0 Å². The van der Waals surface area contributed by atoms with Crippen LogP contribution in [0.3, 0.4) is 0 Å². The van der Waals surface area contributed by atoms with E-state index in [0.717, 1.165) is 34.7 Å². The minimum atomic E-state index is -0.0707. The molecule has 1 aliphatic carbocycles. The Morgan fingerprint density at radius 3 is 2.47 bits per heavy atom. The lowest BCUT2D eigenvalue weighted by molar-refractivity contribution is 0.0599. The molecule has 1 saturated carbocycles. The molecule has 3 unspecified atom stereocenters. The third-order valence-corrected chi connectivity index (χ3v) is 10.1. The molecule has 3 aliphatic rings. The van der Waals surface area contributed by atoms with Crippen LogP contribution in [-0.2, 0) is 6.54 Å². The molecule has 2 heterocycles. The molecule has 5 nitrogen and oxygen atoms in total. The van der Waals surface area contributed by atoms with Gasteiger partial charge in [0.1, 0.15) is 0 Å². The lowest BCUT2D eigenvalue weighted by Crippen LogP contribution is -2.39. The number of carbonyl (C=O) groups is 1. The molecule has 2 aliphatic heterocycles. The van der Waals surface area contributed by atoms with E-state index in [1.165, 1.54) is 62.7 Å². The molecule has 246 valence electrons. The Morgan fingerprint density at radius 2 is 1.84 bits per heavy atom. The smallest absolute Gasteiger partial charge is 0.255 e. The summed E-state index contributed by atoms with van der Waals surface area (Å²) in [6, 6.07) is 14.4. The number of carbonyl (C=O) groups excluding carboxylic acids is 1. The van der Waals surface area contributed by atoms with Crippen molar-refractivity contribution in [2.45, 2.75) is 112 Å². The zero-order valence-electron chi connectivity index (χ0n) is 29.3. The maximum absolute atomic E-state index is 13.1. The second kappa shape index (κ2) is 17.9. The lowest BCUT2D eigenvalue weighted by atomic mass is 9.61. The van der Waals surface area contributed by atoms with Crippen molar-refractivity contribution in [2.24, 2.45) is 16.3 Å². The van der Waals surface area contributed by atoms with Gasteiger partial charge in [-0.15, -0.1) is 0 Å². The van der Waals surface area contributed by atoms with Gasteiger partial charge in [0.25, 0.3) is 5.91 Å². The third kappa shape index (κ3) is 10.5. The van der Waals surface area contributed by atoms with Crippen LogP contribution in [-0.4, -0.2) is 35.9 Å². The number of nitrogens with zero attached hydrogens (tertiary/aromatic N) is 2. The average Bonchev–Trinajstić information content (AvgIpc) is 3.42. The van der Waals surface area contributed by atoms with E-state index in [0.29, 0.717) is 19.6 Å². The summed E-state index contributed by atoms with van der Waals surface area (Å²) in [5.41, 5.74) is 6.72. The zero-order chi connectivity index (χ0) is 33.0. The molecule has 1 saturated heterocycles. The molecule has 5 rings (SSSR count). The molecule has 1 amide bonds. The van der Waals surface area contributed by atoms with Crippen LogP contribution in [0, 0.1) is 18.3 Å². The molecule has 1 spiro atoms. The van der Waals surface area contributed by atoms with Crippen molar-refractivity contribution < 1.29 is 4.79 Å². The van der Waals surface area contributed by atoms with E-state index in [1.54, 1.807) is 0 Å². The average molecular weight is 631 g/mol. The van der Waals surface area contributed by atoms with Crippen LogP contribution < -0.4 is 10.6 Å². The molecule has 3 atom stereocenters. The van der Waals surface area contributed by atoms with Gasteiger partial charge in [0.2, 0.25) is 0 Å². The minimum absolute atomic E-state index is 0.0707. The first-order valence-electron chi connectivity index (χ1n) is 17.3. The molecule has 0 bridgehead atoms. The Bertz CT molecular complexity index is 1320. The van der Waals surface area contributed by atoms with E-state index in [2.05, 4.69) is 93.8 Å². The number of aryl methyl sites for hydroxylation is 1. The molecular weight excluding hydrogens is 571 g/mol. The fraction of sp³-hybridized carbons (Fsp3) is 0.538. The molecule has 2 N–H and O–H groups in total. The highest BCUT2D eigenvalue weighted by molar-refractivity contribution is 7.45. The van der Waals surface area contributed by atoms with Crippen LogP contribution >= 0.6 is 8.58 Å². The molecule has 45 heavy (non-hydrogen) atoms. The Balaban J connectivity index is 0.000000853. The van der Waals surface area contributed by atoms with Gasteiger partial charge in [0.15, 0.2) is 0 Å². The van der Waals surface area contributed by atoms with E-state index < -0.39 is 0 Å². The summed E-state index contributed by atoms with van der Waals surface area (Å²) in [5.74, 6) is 1.05. The number of rotatable bonds is 8. The number of hydrogen-bond acceptors (Lipinski definition) is 4. The van der Waals surface area contributed by atoms with Crippen LogP contribution in [0.4, 0.5) is 5.69 Å². The van der Waals surface area contributed by atoms with Crippen molar-refractivity contribution in [3.63, 3.8) is 0 Å². The Hall–Kier alpha value is -2.59. The summed E-state index contributed by atoms with van der Waals surface area (Å²) < 4.78 is 0. The summed E-state index contributed by atoms with van der Waals surface area (Å²) >= 11 is 0. The first kappa shape index (κ1) is 36.9. The zero-order valence-corrected chi connectivity index (χ0v) is 30.3. The van der Waals surface area contributed by atoms with Gasteiger partial charge in [-0.3, -0.25) is 20.0 Å². The molecule has 6 heteroatoms. The van der Waals surface area contributed by atoms with Crippen LogP contribution in [0.25, 0.3) is 0 Å². The Morgan fingerprint density at radius 1 is 1.13 bits per heavy atom. The first-order chi connectivity index (χ1) is 21.6. The van der Waals surface area contributed by atoms with Crippen molar-refractivity contribution in [3.05, 3.63) is 88.4 Å². The topological polar surface area (TPSA) is 56.7 Å². The van der Waals surface area contributed by atoms with Crippen LogP contribution in [0.5, 0.6) is 0 Å². The number of likely N-dealkylation sites (tertiary alicyclic amines) is 1. The second-order valence-corrected chi connectivity index (χ2v) is 14.7. The van der Waals surface area contributed by atoms with Crippen molar-refractivity contribution in [2.75, 3.05) is 18.4 Å². The van der Waals surface area contributed by atoms with E-state index in [1.807, 2.05) is 43.5 Å². The molecule has 0 aromatic heterocycles. The molecule has 0 radical (unpaired) electrons. The van der Waals surface area contributed by atoms with Gasteiger partial charge < -0.3 is 5.32 Å².